The first-order chi connectivity index (χ1) is 4.74. The molecule has 0 aliphatic rings. The van der Waals surface area contributed by atoms with Crippen LogP contribution >= 0.6 is 0 Å². The van der Waals surface area contributed by atoms with Crippen molar-refractivity contribution in [2.24, 2.45) is 0 Å². The van der Waals surface area contributed by atoms with Gasteiger partial charge in [-0.3, -0.25) is 0 Å². The summed E-state index contributed by atoms with van der Waals surface area (Å²) >= 11 is 0. The summed E-state index contributed by atoms with van der Waals surface area (Å²) in [6.45, 7) is 3.96. The molecule has 0 aliphatic heterocycles. The number of aromatic nitrogens is 3. The molecule has 52 valence electrons. The van der Waals surface area contributed by atoms with Crippen LogP contribution in [0.15, 0.2) is 6.20 Å². The van der Waals surface area contributed by atoms with Crippen LogP contribution in [-0.2, 0) is 0 Å². The lowest BCUT2D eigenvalue weighted by Gasteiger charge is -2.00. The molecule has 4 heteroatoms. The quantitative estimate of drug-likeness (QED) is 0.571. The number of nitriles is 1. The van der Waals surface area contributed by atoms with Gasteiger partial charge in [-0.15, -0.1) is 5.10 Å². The Kier molecular flexibility index (Phi) is 1.67. The standard InChI is InChI=1S/C6H8N4/c1-5(2)10-4-6(3-7)8-9-10/h4-5H,1-2H3. The molecule has 0 fully saturated rings. The Bertz CT molecular complexity index is 255. The van der Waals surface area contributed by atoms with E-state index < -0.39 is 0 Å². The molecule has 0 spiro atoms. The monoisotopic (exact) mass is 136 g/mol. The smallest absolute Gasteiger partial charge is 0.182 e. The highest BCUT2D eigenvalue weighted by Crippen LogP contribution is 2.00. The zero-order valence-corrected chi connectivity index (χ0v) is 5.94. The molecule has 0 saturated carbocycles. The fraction of sp³-hybridized carbons (Fsp3) is 0.500. The molecule has 1 heterocycles. The zero-order chi connectivity index (χ0) is 7.56. The van der Waals surface area contributed by atoms with E-state index >= 15 is 0 Å². The normalized spacial score (nSPS) is 9.80. The van der Waals surface area contributed by atoms with Gasteiger partial charge in [0, 0.05) is 6.04 Å². The van der Waals surface area contributed by atoms with Crippen LogP contribution in [0.1, 0.15) is 25.6 Å². The summed E-state index contributed by atoms with van der Waals surface area (Å²) < 4.78 is 1.65. The van der Waals surface area contributed by atoms with Gasteiger partial charge in [-0.2, -0.15) is 5.26 Å². The predicted molar refractivity (Wildman–Crippen MR) is 35.1 cm³/mol. The second-order valence-corrected chi connectivity index (χ2v) is 2.29. The first-order valence-corrected chi connectivity index (χ1v) is 3.06. The van der Waals surface area contributed by atoms with Crippen molar-refractivity contribution in [1.82, 2.24) is 15.0 Å². The molecule has 4 nitrogen and oxygen atoms in total. The van der Waals surface area contributed by atoms with Crippen LogP contribution in [0.3, 0.4) is 0 Å². The lowest BCUT2D eigenvalue weighted by atomic mass is 10.4. The molecule has 0 atom stereocenters. The van der Waals surface area contributed by atoms with Gasteiger partial charge in [-0.25, -0.2) is 4.68 Å². The summed E-state index contributed by atoms with van der Waals surface area (Å²) in [6, 6.07) is 2.18. The van der Waals surface area contributed by atoms with Crippen molar-refractivity contribution in [1.29, 1.82) is 5.26 Å². The Labute approximate surface area is 59.1 Å². The Morgan fingerprint density at radius 3 is 2.70 bits per heavy atom. The van der Waals surface area contributed by atoms with E-state index in [0.29, 0.717) is 5.69 Å². The molecule has 0 aromatic carbocycles. The van der Waals surface area contributed by atoms with Crippen molar-refractivity contribution < 1.29 is 0 Å². The van der Waals surface area contributed by atoms with Crippen molar-refractivity contribution in [3.8, 4) is 6.07 Å². The summed E-state index contributed by atoms with van der Waals surface area (Å²) in [5.74, 6) is 0. The molecule has 0 saturated heterocycles. The van der Waals surface area contributed by atoms with E-state index in [1.165, 1.54) is 0 Å². The van der Waals surface area contributed by atoms with Crippen LogP contribution in [0.2, 0.25) is 0 Å². The minimum atomic E-state index is 0.273. The maximum absolute atomic E-state index is 8.37. The summed E-state index contributed by atoms with van der Waals surface area (Å²) in [5.41, 5.74) is 0.369. The van der Waals surface area contributed by atoms with E-state index in [4.69, 9.17) is 5.26 Å². The first-order valence-electron chi connectivity index (χ1n) is 3.06. The minimum absolute atomic E-state index is 0.273. The van der Waals surface area contributed by atoms with Gasteiger partial charge in [0.15, 0.2) is 5.69 Å². The summed E-state index contributed by atoms with van der Waals surface area (Å²) in [4.78, 5) is 0. The summed E-state index contributed by atoms with van der Waals surface area (Å²) in [7, 11) is 0. The van der Waals surface area contributed by atoms with E-state index in [2.05, 4.69) is 10.3 Å². The third-order valence-corrected chi connectivity index (χ3v) is 1.15. The second-order valence-electron chi connectivity index (χ2n) is 2.29. The van der Waals surface area contributed by atoms with Crippen LogP contribution in [0.4, 0.5) is 0 Å². The molecule has 0 unspecified atom stereocenters. The number of rotatable bonds is 1. The van der Waals surface area contributed by atoms with Crippen LogP contribution in [-0.4, -0.2) is 15.0 Å². The average molecular weight is 136 g/mol. The van der Waals surface area contributed by atoms with Crippen molar-refractivity contribution >= 4 is 0 Å². The number of hydrogen-bond donors (Lipinski definition) is 0. The molecular weight excluding hydrogens is 128 g/mol. The van der Waals surface area contributed by atoms with Gasteiger partial charge in [0.05, 0.1) is 6.20 Å². The van der Waals surface area contributed by atoms with Gasteiger partial charge in [0.25, 0.3) is 0 Å². The minimum Gasteiger partial charge on any atom is -0.249 e. The predicted octanol–water partition coefficient (Wildman–Crippen LogP) is 0.731. The molecule has 10 heavy (non-hydrogen) atoms. The Morgan fingerprint density at radius 1 is 1.70 bits per heavy atom. The van der Waals surface area contributed by atoms with E-state index in [-0.39, 0.29) is 6.04 Å². The lowest BCUT2D eigenvalue weighted by molar-refractivity contribution is 0.514. The molecule has 0 amide bonds. The van der Waals surface area contributed by atoms with Gasteiger partial charge in [0.1, 0.15) is 6.07 Å². The molecule has 0 bridgehead atoms. The van der Waals surface area contributed by atoms with Crippen LogP contribution in [0, 0.1) is 11.3 Å². The highest BCUT2D eigenvalue weighted by molar-refractivity contribution is 5.13. The Morgan fingerprint density at radius 2 is 2.40 bits per heavy atom. The largest absolute Gasteiger partial charge is 0.249 e. The highest BCUT2D eigenvalue weighted by Gasteiger charge is 2.00. The third-order valence-electron chi connectivity index (χ3n) is 1.15. The average Bonchev–Trinajstić information content (AvgIpc) is 2.34. The SMILES string of the molecule is CC(C)n1cc(C#N)nn1. The highest BCUT2D eigenvalue weighted by atomic mass is 15.4. The molecule has 1 rings (SSSR count). The molecule has 0 aliphatic carbocycles. The first kappa shape index (κ1) is 6.75. The van der Waals surface area contributed by atoms with Crippen molar-refractivity contribution in [2.45, 2.75) is 19.9 Å². The van der Waals surface area contributed by atoms with Crippen molar-refractivity contribution in [2.75, 3.05) is 0 Å². The Balaban J connectivity index is 2.91. The number of nitrogens with zero attached hydrogens (tertiary/aromatic N) is 4. The van der Waals surface area contributed by atoms with E-state index in [9.17, 15) is 0 Å². The van der Waals surface area contributed by atoms with Gasteiger partial charge in [-0.05, 0) is 13.8 Å². The summed E-state index contributed by atoms with van der Waals surface area (Å²) in [5, 5.41) is 15.7. The van der Waals surface area contributed by atoms with Gasteiger partial charge in [-0.1, -0.05) is 5.21 Å². The molecular formula is C6H8N4. The van der Waals surface area contributed by atoms with Gasteiger partial charge < -0.3 is 0 Å². The van der Waals surface area contributed by atoms with E-state index in [1.807, 2.05) is 19.9 Å². The molecule has 1 aromatic rings. The zero-order valence-electron chi connectivity index (χ0n) is 5.94. The van der Waals surface area contributed by atoms with Crippen molar-refractivity contribution in [3.63, 3.8) is 0 Å². The Hall–Kier alpha value is -1.37. The lowest BCUT2D eigenvalue weighted by Crippen LogP contribution is -2.00. The fourth-order valence-corrected chi connectivity index (χ4v) is 0.580. The molecule has 0 N–H and O–H groups in total. The number of hydrogen-bond acceptors (Lipinski definition) is 3. The summed E-state index contributed by atoms with van der Waals surface area (Å²) in [6.07, 6.45) is 1.63. The van der Waals surface area contributed by atoms with Crippen LogP contribution in [0.5, 0.6) is 0 Å². The maximum atomic E-state index is 8.37. The van der Waals surface area contributed by atoms with E-state index in [0.717, 1.165) is 0 Å². The second kappa shape index (κ2) is 2.48. The van der Waals surface area contributed by atoms with E-state index in [1.54, 1.807) is 10.9 Å². The third kappa shape index (κ3) is 1.13. The fourth-order valence-electron chi connectivity index (χ4n) is 0.580. The molecule has 1 aromatic heterocycles. The van der Waals surface area contributed by atoms with Crippen LogP contribution < -0.4 is 0 Å². The van der Waals surface area contributed by atoms with Crippen LogP contribution in [0.25, 0.3) is 0 Å². The molecule has 0 radical (unpaired) electrons. The van der Waals surface area contributed by atoms with Crippen molar-refractivity contribution in [3.05, 3.63) is 11.9 Å². The maximum Gasteiger partial charge on any atom is 0.182 e. The van der Waals surface area contributed by atoms with Gasteiger partial charge >= 0.3 is 0 Å². The topological polar surface area (TPSA) is 54.5 Å². The van der Waals surface area contributed by atoms with Gasteiger partial charge in [0.2, 0.25) is 0 Å².